The standard InChI is InChI=1S/C45H52BF6N7O10S2/c1-5-57(6-2)30-9-12-33-38(23-30)69-39-24-31(58(7-3)8-4)10-13-34(39)41(33)35-14-11-32(25-40(35)71(63,64)65)70(61,62)54-15-17-66-19-21-68-22-20-67-18-16-59-28-29(55-56-59)27-53-45(60)42-36(47)26-37(48)43(44(42)49)46(50,51)52/h9-14,23-26,28,54H,5-8,15-22,27H2,1-4H3,(H,53,60)(H,63,64,65)/i50-1. The van der Waals surface area contributed by atoms with E-state index in [0.29, 0.717) is 27.9 Å². The first-order chi connectivity index (χ1) is 33.7. The monoisotopic (exact) mass is 1040 g/mol. The SMILES string of the molecule is CCN(CC)c1ccc2c(-c3ccc(S(=O)(=O)NCCOCCOCCOCCn4cc(CNC(=O)c5c(F)cc(F)c([B-](F)(F)[18F])c5F)nn4)cc3S(=O)(=O)O)c3ccc(=[N+](CC)CC)cc-3oc2c1. The van der Waals surface area contributed by atoms with Crippen LogP contribution >= 0.6 is 0 Å². The van der Waals surface area contributed by atoms with Crippen molar-refractivity contribution in [1.29, 1.82) is 0 Å². The Labute approximate surface area is 405 Å². The van der Waals surface area contributed by atoms with E-state index in [4.69, 9.17) is 18.6 Å². The zero-order chi connectivity index (χ0) is 51.7. The average molecular weight is 1040 g/mol. The van der Waals surface area contributed by atoms with Crippen molar-refractivity contribution in [3.05, 3.63) is 101 Å². The number of sulfonamides is 1. The number of hydrogen-bond donors (Lipinski definition) is 3. The van der Waals surface area contributed by atoms with E-state index < -0.39 is 77.8 Å². The van der Waals surface area contributed by atoms with Gasteiger partial charge in [-0.05, 0) is 63.5 Å². The Morgan fingerprint density at radius 1 is 0.831 bits per heavy atom. The first-order valence-electron chi connectivity index (χ1n) is 22.4. The Hall–Kier alpha value is -5.90. The maximum atomic E-state index is 14.3. The van der Waals surface area contributed by atoms with Crippen LogP contribution < -0.4 is 30.3 Å². The first-order valence-corrected chi connectivity index (χ1v) is 25.4. The predicted molar refractivity (Wildman–Crippen MR) is 252 cm³/mol. The number of carbonyl (C=O) groups excluding carboxylic acids is 1. The van der Waals surface area contributed by atoms with Gasteiger partial charge < -0.3 is 41.8 Å². The van der Waals surface area contributed by atoms with Gasteiger partial charge in [0, 0.05) is 65.6 Å². The molecule has 384 valence electrons. The minimum atomic E-state index is -6.21. The molecule has 0 spiro atoms. The molecule has 3 aromatic carbocycles. The molecule has 4 aromatic rings. The molecular formula is C45H52BF6N7O10S2. The number of fused-ring (bicyclic) bond motifs is 2. The number of ether oxygens (including phenoxy) is 3. The van der Waals surface area contributed by atoms with Crippen LogP contribution in [0.2, 0.25) is 0 Å². The molecule has 2 heterocycles. The van der Waals surface area contributed by atoms with Gasteiger partial charge in [0.25, 0.3) is 16.0 Å². The molecule has 1 aliphatic heterocycles. The summed E-state index contributed by atoms with van der Waals surface area (Å²) in [6.07, 6.45) is 1.35. The van der Waals surface area contributed by atoms with E-state index in [1.54, 1.807) is 0 Å². The summed E-state index contributed by atoms with van der Waals surface area (Å²) in [7, 11) is -9.29. The molecule has 0 atom stereocenters. The maximum Gasteiger partial charge on any atom is 0.515 e. The third kappa shape index (κ3) is 13.2. The fourth-order valence-electron chi connectivity index (χ4n) is 7.75. The Balaban J connectivity index is 0.979. The molecule has 6 rings (SSSR count). The number of aromatic nitrogens is 3. The van der Waals surface area contributed by atoms with E-state index in [1.165, 1.54) is 23.0 Å². The summed E-state index contributed by atoms with van der Waals surface area (Å²) < 4.78 is 174. The average Bonchev–Trinajstić information content (AvgIpc) is 3.77. The minimum absolute atomic E-state index is 0.0675. The second-order valence-electron chi connectivity index (χ2n) is 15.7. The molecule has 1 aromatic heterocycles. The van der Waals surface area contributed by atoms with Crippen LogP contribution in [-0.2, 0) is 47.4 Å². The van der Waals surface area contributed by atoms with E-state index in [9.17, 15) is 52.3 Å². The molecule has 0 saturated carbocycles. The smallest absolute Gasteiger partial charge is 0.456 e. The minimum Gasteiger partial charge on any atom is -0.456 e. The van der Waals surface area contributed by atoms with Crippen molar-refractivity contribution >= 4 is 55.1 Å². The number of nitrogens with one attached hydrogen (secondary N) is 2. The summed E-state index contributed by atoms with van der Waals surface area (Å²) in [5.41, 5.74) is -1.42. The number of halogens is 6. The molecule has 71 heavy (non-hydrogen) atoms. The number of hydrogen-bond acceptors (Lipinski definition) is 12. The van der Waals surface area contributed by atoms with Crippen LogP contribution in [0.4, 0.5) is 31.8 Å². The zero-order valence-electron chi connectivity index (χ0n) is 39.1. The number of amides is 1. The fraction of sp³-hybridized carbons (Fsp3) is 0.378. The van der Waals surface area contributed by atoms with E-state index >= 15 is 0 Å². The summed E-state index contributed by atoms with van der Waals surface area (Å²) >= 11 is 0. The van der Waals surface area contributed by atoms with Gasteiger partial charge in [0.05, 0.1) is 69.9 Å². The third-order valence-electron chi connectivity index (χ3n) is 11.3. The third-order valence-corrected chi connectivity index (χ3v) is 13.6. The molecule has 0 bridgehead atoms. The van der Waals surface area contributed by atoms with E-state index in [0.717, 1.165) is 43.3 Å². The molecule has 17 nitrogen and oxygen atoms in total. The largest absolute Gasteiger partial charge is 0.515 e. The van der Waals surface area contributed by atoms with Crippen molar-refractivity contribution in [2.75, 3.05) is 77.3 Å². The lowest BCUT2D eigenvalue weighted by Crippen LogP contribution is -2.42. The van der Waals surface area contributed by atoms with Crippen molar-refractivity contribution in [3.63, 3.8) is 0 Å². The molecule has 0 fully saturated rings. The van der Waals surface area contributed by atoms with E-state index in [-0.39, 0.29) is 70.1 Å². The van der Waals surface area contributed by atoms with Gasteiger partial charge in [-0.25, -0.2) is 35.6 Å². The Morgan fingerprint density at radius 3 is 2.14 bits per heavy atom. The summed E-state index contributed by atoms with van der Waals surface area (Å²) in [6, 6.07) is 14.5. The highest BCUT2D eigenvalue weighted by atomic mass is 32.2. The number of anilines is 1. The quantitative estimate of drug-likeness (QED) is 0.0170. The number of benzene rings is 4. The number of carbonyl (C=O) groups is 1. The molecule has 3 N–H and O–H groups in total. The van der Waals surface area contributed by atoms with Gasteiger partial charge in [-0.3, -0.25) is 9.35 Å². The van der Waals surface area contributed by atoms with Gasteiger partial charge in [0.15, 0.2) is 0 Å². The Kier molecular flexibility index (Phi) is 18.1. The molecule has 2 aliphatic rings. The van der Waals surface area contributed by atoms with Crippen molar-refractivity contribution in [2.24, 2.45) is 0 Å². The van der Waals surface area contributed by atoms with Gasteiger partial charge in [-0.1, -0.05) is 11.3 Å². The number of rotatable bonds is 25. The lowest BCUT2D eigenvalue weighted by atomic mass is 9.77. The molecule has 0 unspecified atom stereocenters. The highest BCUT2D eigenvalue weighted by Crippen LogP contribution is 2.43. The van der Waals surface area contributed by atoms with Crippen LogP contribution in [0.15, 0.2) is 81.1 Å². The Morgan fingerprint density at radius 2 is 1.49 bits per heavy atom. The van der Waals surface area contributed by atoms with Crippen LogP contribution in [0.3, 0.4) is 0 Å². The van der Waals surface area contributed by atoms with Crippen LogP contribution in [0.5, 0.6) is 0 Å². The molecule has 1 aliphatic carbocycles. The van der Waals surface area contributed by atoms with Crippen molar-refractivity contribution in [1.82, 2.24) is 29.6 Å². The Bertz CT molecular complexity index is 3130. The second-order valence-corrected chi connectivity index (χ2v) is 18.9. The van der Waals surface area contributed by atoms with Gasteiger partial charge in [0.2, 0.25) is 15.4 Å². The predicted octanol–water partition coefficient (Wildman–Crippen LogP) is 5.13. The molecule has 26 heteroatoms. The maximum absolute atomic E-state index is 14.3. The molecule has 0 radical (unpaired) electrons. The summed E-state index contributed by atoms with van der Waals surface area (Å²) in [6.45, 7) is 4.94. The summed E-state index contributed by atoms with van der Waals surface area (Å²) in [4.78, 5) is 13.4. The van der Waals surface area contributed by atoms with Crippen molar-refractivity contribution < 1.29 is 70.9 Å². The van der Waals surface area contributed by atoms with Crippen LogP contribution in [0, 0.1) is 17.5 Å². The number of nitrogens with zero attached hydrogens (tertiary/aromatic N) is 5. The molecule has 1 amide bonds. The van der Waals surface area contributed by atoms with Gasteiger partial charge in [0.1, 0.15) is 58.0 Å². The van der Waals surface area contributed by atoms with Gasteiger partial charge >= 0.3 is 6.98 Å². The van der Waals surface area contributed by atoms with Gasteiger partial charge in [-0.2, -0.15) is 8.42 Å². The topological polar surface area (TPSA) is 207 Å². The van der Waals surface area contributed by atoms with E-state index in [1.807, 2.05) is 69.4 Å². The van der Waals surface area contributed by atoms with Crippen LogP contribution in [0.25, 0.3) is 33.4 Å². The highest BCUT2D eigenvalue weighted by molar-refractivity contribution is 7.89. The molecular weight excluding hydrogens is 986 g/mol. The lowest BCUT2D eigenvalue weighted by molar-refractivity contribution is 0.0138. The molecule has 0 saturated heterocycles. The highest BCUT2D eigenvalue weighted by Gasteiger charge is 2.36. The van der Waals surface area contributed by atoms with E-state index in [2.05, 4.69) is 24.5 Å². The summed E-state index contributed by atoms with van der Waals surface area (Å²) in [5, 5.41) is 11.0. The lowest BCUT2D eigenvalue weighted by Gasteiger charge is -2.22. The first kappa shape index (κ1) is 54.4. The fourth-order valence-corrected chi connectivity index (χ4v) is 9.59. The zero-order valence-corrected chi connectivity index (χ0v) is 40.7. The van der Waals surface area contributed by atoms with Crippen molar-refractivity contribution in [2.45, 2.75) is 50.6 Å². The second kappa shape index (κ2) is 23.6. The van der Waals surface area contributed by atoms with Crippen LogP contribution in [-0.4, -0.2) is 122 Å². The normalized spacial score (nSPS) is 12.3. The van der Waals surface area contributed by atoms with Gasteiger partial charge in [-0.15, -0.1) is 5.10 Å². The van der Waals surface area contributed by atoms with Crippen molar-refractivity contribution in [3.8, 4) is 22.5 Å². The van der Waals surface area contributed by atoms with Crippen LogP contribution in [0.1, 0.15) is 43.7 Å². The summed E-state index contributed by atoms with van der Waals surface area (Å²) in [5.74, 6) is -7.42.